The quantitative estimate of drug-likeness (QED) is 0.558. The van der Waals surface area contributed by atoms with Crippen LogP contribution in [0.3, 0.4) is 0 Å². The first-order valence-corrected chi connectivity index (χ1v) is 3.90. The summed E-state index contributed by atoms with van der Waals surface area (Å²) in [5.74, 6) is 0. The third-order valence-electron chi connectivity index (χ3n) is 2.16. The first-order valence-electron chi connectivity index (χ1n) is 3.90. The predicted molar refractivity (Wildman–Crippen MR) is 39.6 cm³/mol. The van der Waals surface area contributed by atoms with Gasteiger partial charge in [0.2, 0.25) is 0 Å². The summed E-state index contributed by atoms with van der Waals surface area (Å²) in [6, 6.07) is 0. The van der Waals surface area contributed by atoms with Crippen LogP contribution < -0.4 is 0 Å². The Labute approximate surface area is 62.2 Å². The second-order valence-electron chi connectivity index (χ2n) is 3.78. The van der Waals surface area contributed by atoms with Crippen molar-refractivity contribution in [3.63, 3.8) is 0 Å². The van der Waals surface area contributed by atoms with Crippen LogP contribution in [0.1, 0.15) is 33.1 Å². The van der Waals surface area contributed by atoms with Gasteiger partial charge in [0, 0.05) is 0 Å². The zero-order chi connectivity index (χ0) is 7.61. The van der Waals surface area contributed by atoms with Crippen LogP contribution in [-0.2, 0) is 4.74 Å². The van der Waals surface area contributed by atoms with E-state index < -0.39 is 6.29 Å². The average Bonchev–Trinajstić information content (AvgIpc) is 1.94. The molecule has 10 heavy (non-hydrogen) atoms. The highest BCUT2D eigenvalue weighted by Crippen LogP contribution is 2.30. The number of rotatable bonds is 0. The smallest absolute Gasteiger partial charge is 0.154 e. The lowest BCUT2D eigenvalue weighted by Gasteiger charge is -2.20. The Bertz CT molecular complexity index is 110. The molecule has 60 valence electrons. The minimum atomic E-state index is -0.512. The van der Waals surface area contributed by atoms with E-state index in [1.807, 2.05) is 0 Å². The molecule has 0 bridgehead atoms. The fourth-order valence-electron chi connectivity index (χ4n) is 1.19. The third-order valence-corrected chi connectivity index (χ3v) is 2.16. The van der Waals surface area contributed by atoms with Crippen LogP contribution in [0.25, 0.3) is 0 Å². The molecule has 0 amide bonds. The Kier molecular flexibility index (Phi) is 2.32. The molecule has 2 nitrogen and oxygen atoms in total. The number of ether oxygens (including phenoxy) is 1. The van der Waals surface area contributed by atoms with Crippen LogP contribution in [0.4, 0.5) is 0 Å². The highest BCUT2D eigenvalue weighted by Gasteiger charge is 2.23. The summed E-state index contributed by atoms with van der Waals surface area (Å²) in [5.41, 5.74) is 0.359. The fraction of sp³-hybridized carbons (Fsp3) is 1.00. The molecule has 0 saturated carbocycles. The SMILES string of the molecule is CC1(C)CCOC(O)CC1. The van der Waals surface area contributed by atoms with E-state index in [2.05, 4.69) is 13.8 Å². The molecule has 2 heteroatoms. The van der Waals surface area contributed by atoms with Gasteiger partial charge in [0.25, 0.3) is 0 Å². The summed E-state index contributed by atoms with van der Waals surface area (Å²) >= 11 is 0. The summed E-state index contributed by atoms with van der Waals surface area (Å²) in [6.07, 6.45) is 2.40. The van der Waals surface area contributed by atoms with Crippen molar-refractivity contribution in [2.45, 2.75) is 39.4 Å². The van der Waals surface area contributed by atoms with Crippen molar-refractivity contribution >= 4 is 0 Å². The fourth-order valence-corrected chi connectivity index (χ4v) is 1.19. The van der Waals surface area contributed by atoms with E-state index >= 15 is 0 Å². The molecule has 1 N–H and O–H groups in total. The van der Waals surface area contributed by atoms with Gasteiger partial charge in [0.15, 0.2) is 6.29 Å². The molecule has 0 radical (unpaired) electrons. The topological polar surface area (TPSA) is 29.5 Å². The van der Waals surface area contributed by atoms with Gasteiger partial charge in [-0.15, -0.1) is 0 Å². The van der Waals surface area contributed by atoms with Crippen molar-refractivity contribution < 1.29 is 9.84 Å². The number of hydrogen-bond donors (Lipinski definition) is 1. The minimum absolute atomic E-state index is 0.359. The van der Waals surface area contributed by atoms with Crippen molar-refractivity contribution in [1.29, 1.82) is 0 Å². The molecule has 1 heterocycles. The zero-order valence-corrected chi connectivity index (χ0v) is 6.76. The maximum atomic E-state index is 9.10. The zero-order valence-electron chi connectivity index (χ0n) is 6.76. The molecule has 0 aliphatic carbocycles. The van der Waals surface area contributed by atoms with Gasteiger partial charge in [-0.05, 0) is 24.7 Å². The van der Waals surface area contributed by atoms with E-state index in [1.165, 1.54) is 0 Å². The summed E-state index contributed by atoms with van der Waals surface area (Å²) in [6.45, 7) is 5.14. The molecule has 1 saturated heterocycles. The Balaban J connectivity index is 2.41. The number of hydrogen-bond acceptors (Lipinski definition) is 2. The van der Waals surface area contributed by atoms with Crippen LogP contribution >= 0.6 is 0 Å². The maximum Gasteiger partial charge on any atom is 0.154 e. The minimum Gasteiger partial charge on any atom is -0.368 e. The lowest BCUT2D eigenvalue weighted by Crippen LogP contribution is -2.10. The average molecular weight is 144 g/mol. The molecule has 0 aromatic carbocycles. The van der Waals surface area contributed by atoms with E-state index in [0.29, 0.717) is 12.0 Å². The van der Waals surface area contributed by atoms with E-state index in [9.17, 15) is 0 Å². The molecule has 1 rings (SSSR count). The Hall–Kier alpha value is -0.0800. The molecule has 1 aliphatic rings. The van der Waals surface area contributed by atoms with Gasteiger partial charge in [-0.2, -0.15) is 0 Å². The van der Waals surface area contributed by atoms with Crippen LogP contribution in [0.15, 0.2) is 0 Å². The standard InChI is InChI=1S/C8H16O2/c1-8(2)4-3-7(9)10-6-5-8/h7,9H,3-6H2,1-2H3. The van der Waals surface area contributed by atoms with E-state index in [1.54, 1.807) is 0 Å². The van der Waals surface area contributed by atoms with Crippen LogP contribution in [0, 0.1) is 5.41 Å². The molecule has 0 aromatic rings. The Morgan fingerprint density at radius 2 is 2.10 bits per heavy atom. The van der Waals surface area contributed by atoms with Crippen molar-refractivity contribution in [3.05, 3.63) is 0 Å². The summed E-state index contributed by atoms with van der Waals surface area (Å²) < 4.78 is 5.09. The van der Waals surface area contributed by atoms with Gasteiger partial charge < -0.3 is 9.84 Å². The molecule has 1 fully saturated rings. The van der Waals surface area contributed by atoms with E-state index in [4.69, 9.17) is 9.84 Å². The van der Waals surface area contributed by atoms with Crippen LogP contribution in [-0.4, -0.2) is 18.0 Å². The van der Waals surface area contributed by atoms with E-state index in [-0.39, 0.29) is 0 Å². The third kappa shape index (κ3) is 2.27. The number of aliphatic hydroxyl groups is 1. The van der Waals surface area contributed by atoms with Crippen LogP contribution in [0.5, 0.6) is 0 Å². The molecule has 0 spiro atoms. The lowest BCUT2D eigenvalue weighted by molar-refractivity contribution is -0.0955. The molecular formula is C8H16O2. The second-order valence-corrected chi connectivity index (χ2v) is 3.78. The Morgan fingerprint density at radius 1 is 1.40 bits per heavy atom. The summed E-state index contributed by atoms with van der Waals surface area (Å²) in [4.78, 5) is 0. The predicted octanol–water partition coefficient (Wildman–Crippen LogP) is 1.53. The molecule has 1 unspecified atom stereocenters. The molecular weight excluding hydrogens is 128 g/mol. The Morgan fingerprint density at radius 3 is 2.80 bits per heavy atom. The highest BCUT2D eigenvalue weighted by molar-refractivity contribution is 4.71. The van der Waals surface area contributed by atoms with Gasteiger partial charge in [0.1, 0.15) is 0 Å². The van der Waals surface area contributed by atoms with Gasteiger partial charge in [-0.1, -0.05) is 13.8 Å². The maximum absolute atomic E-state index is 9.10. The van der Waals surface area contributed by atoms with Crippen molar-refractivity contribution in [2.75, 3.05) is 6.61 Å². The first-order chi connectivity index (χ1) is 4.60. The molecule has 0 aromatic heterocycles. The lowest BCUT2D eigenvalue weighted by atomic mass is 9.85. The van der Waals surface area contributed by atoms with E-state index in [0.717, 1.165) is 19.3 Å². The van der Waals surface area contributed by atoms with Gasteiger partial charge in [0.05, 0.1) is 6.61 Å². The normalized spacial score (nSPS) is 33.3. The summed E-state index contributed by atoms with van der Waals surface area (Å²) in [5, 5.41) is 9.10. The molecule has 1 atom stereocenters. The molecule has 1 aliphatic heterocycles. The van der Waals surface area contributed by atoms with Gasteiger partial charge in [-0.25, -0.2) is 0 Å². The number of aliphatic hydroxyl groups excluding tert-OH is 1. The summed E-state index contributed by atoms with van der Waals surface area (Å²) in [7, 11) is 0. The van der Waals surface area contributed by atoms with Crippen molar-refractivity contribution in [3.8, 4) is 0 Å². The second kappa shape index (κ2) is 2.89. The van der Waals surface area contributed by atoms with Gasteiger partial charge in [-0.3, -0.25) is 0 Å². The van der Waals surface area contributed by atoms with Crippen LogP contribution in [0.2, 0.25) is 0 Å². The largest absolute Gasteiger partial charge is 0.368 e. The first kappa shape index (κ1) is 8.02. The van der Waals surface area contributed by atoms with Gasteiger partial charge >= 0.3 is 0 Å². The monoisotopic (exact) mass is 144 g/mol. The van der Waals surface area contributed by atoms with Crippen molar-refractivity contribution in [2.24, 2.45) is 5.41 Å². The van der Waals surface area contributed by atoms with Crippen molar-refractivity contribution in [1.82, 2.24) is 0 Å². The highest BCUT2D eigenvalue weighted by atomic mass is 16.6.